The number of aromatic nitrogens is 2. The number of carbonyl (C=O) groups excluding carboxylic acids is 1. The standard InChI is InChI=1S/C10H14N2O/c1-12-5-4-11-10(12)7-9(13)6-8-2-3-8/h4-5,8H,2-3,6-7H2,1H3. The van der Waals surface area contributed by atoms with E-state index in [-0.39, 0.29) is 0 Å². The number of rotatable bonds is 4. The molecule has 0 N–H and O–H groups in total. The van der Waals surface area contributed by atoms with Crippen molar-refractivity contribution in [2.24, 2.45) is 13.0 Å². The van der Waals surface area contributed by atoms with E-state index in [1.807, 2.05) is 17.8 Å². The van der Waals surface area contributed by atoms with Gasteiger partial charge in [-0.3, -0.25) is 4.79 Å². The van der Waals surface area contributed by atoms with Crippen molar-refractivity contribution in [1.29, 1.82) is 0 Å². The summed E-state index contributed by atoms with van der Waals surface area (Å²) in [4.78, 5) is 15.6. The fraction of sp³-hybridized carbons (Fsp3) is 0.600. The lowest BCUT2D eigenvalue weighted by Crippen LogP contribution is -2.08. The molecule has 0 amide bonds. The molecule has 0 aromatic carbocycles. The van der Waals surface area contributed by atoms with Crippen LogP contribution < -0.4 is 0 Å². The molecule has 0 aliphatic heterocycles. The summed E-state index contributed by atoms with van der Waals surface area (Å²) in [7, 11) is 1.92. The van der Waals surface area contributed by atoms with Gasteiger partial charge in [-0.15, -0.1) is 0 Å². The highest BCUT2D eigenvalue weighted by atomic mass is 16.1. The van der Waals surface area contributed by atoms with E-state index in [1.54, 1.807) is 6.20 Å². The van der Waals surface area contributed by atoms with E-state index >= 15 is 0 Å². The molecule has 1 heterocycles. The smallest absolute Gasteiger partial charge is 0.140 e. The molecule has 0 spiro atoms. The SMILES string of the molecule is Cn1ccnc1CC(=O)CC1CC1. The first-order valence-corrected chi connectivity index (χ1v) is 4.73. The van der Waals surface area contributed by atoms with Crippen LogP contribution in [-0.4, -0.2) is 15.3 Å². The lowest BCUT2D eigenvalue weighted by molar-refractivity contribution is -0.118. The Hall–Kier alpha value is -1.12. The summed E-state index contributed by atoms with van der Waals surface area (Å²) in [5.74, 6) is 1.90. The summed E-state index contributed by atoms with van der Waals surface area (Å²) in [6.45, 7) is 0. The van der Waals surface area contributed by atoms with Gasteiger partial charge in [-0.05, 0) is 18.8 Å². The van der Waals surface area contributed by atoms with Gasteiger partial charge in [-0.2, -0.15) is 0 Å². The lowest BCUT2D eigenvalue weighted by atomic mass is 10.1. The fourth-order valence-electron chi connectivity index (χ4n) is 1.46. The normalized spacial score (nSPS) is 16.1. The maximum absolute atomic E-state index is 11.5. The largest absolute Gasteiger partial charge is 0.338 e. The third kappa shape index (κ3) is 2.17. The third-order valence-corrected chi connectivity index (χ3v) is 2.49. The second-order valence-corrected chi connectivity index (χ2v) is 3.82. The predicted molar refractivity (Wildman–Crippen MR) is 49.3 cm³/mol. The minimum absolute atomic E-state index is 0.330. The zero-order chi connectivity index (χ0) is 9.26. The van der Waals surface area contributed by atoms with Crippen LogP contribution in [0.2, 0.25) is 0 Å². The van der Waals surface area contributed by atoms with Gasteiger partial charge >= 0.3 is 0 Å². The van der Waals surface area contributed by atoms with Crippen molar-refractivity contribution in [3.63, 3.8) is 0 Å². The molecule has 2 rings (SSSR count). The number of Topliss-reactive ketones (excluding diaryl/α,β-unsaturated/α-hetero) is 1. The molecule has 70 valence electrons. The van der Waals surface area contributed by atoms with Gasteiger partial charge in [0.05, 0.1) is 6.42 Å². The third-order valence-electron chi connectivity index (χ3n) is 2.49. The van der Waals surface area contributed by atoms with Crippen molar-refractivity contribution in [2.75, 3.05) is 0 Å². The zero-order valence-corrected chi connectivity index (χ0v) is 7.86. The molecule has 0 saturated heterocycles. The number of aryl methyl sites for hydroxylation is 1. The molecule has 3 heteroatoms. The van der Waals surface area contributed by atoms with Gasteiger partial charge in [0, 0.05) is 25.9 Å². The molecular weight excluding hydrogens is 164 g/mol. The molecule has 1 aliphatic rings. The van der Waals surface area contributed by atoms with E-state index in [0.717, 1.165) is 12.2 Å². The monoisotopic (exact) mass is 178 g/mol. The summed E-state index contributed by atoms with van der Waals surface area (Å²) in [5.41, 5.74) is 0. The van der Waals surface area contributed by atoms with Crippen molar-refractivity contribution in [1.82, 2.24) is 9.55 Å². The van der Waals surface area contributed by atoms with Crippen LogP contribution in [0.25, 0.3) is 0 Å². The summed E-state index contributed by atoms with van der Waals surface area (Å²) in [5, 5.41) is 0. The Morgan fingerprint density at radius 2 is 2.46 bits per heavy atom. The Morgan fingerprint density at radius 1 is 1.69 bits per heavy atom. The molecule has 1 aliphatic carbocycles. The molecule has 1 fully saturated rings. The first-order chi connectivity index (χ1) is 6.25. The van der Waals surface area contributed by atoms with Crippen molar-refractivity contribution >= 4 is 5.78 Å². The first kappa shape index (κ1) is 8.48. The van der Waals surface area contributed by atoms with E-state index in [0.29, 0.717) is 18.1 Å². The van der Waals surface area contributed by atoms with Crippen LogP contribution >= 0.6 is 0 Å². The second kappa shape index (κ2) is 3.32. The first-order valence-electron chi connectivity index (χ1n) is 4.73. The molecule has 0 bridgehead atoms. The van der Waals surface area contributed by atoms with Crippen LogP contribution in [0.1, 0.15) is 25.1 Å². The highest BCUT2D eigenvalue weighted by Crippen LogP contribution is 2.32. The Kier molecular flexibility index (Phi) is 2.17. The van der Waals surface area contributed by atoms with E-state index in [2.05, 4.69) is 4.98 Å². The molecule has 0 unspecified atom stereocenters. The van der Waals surface area contributed by atoms with E-state index < -0.39 is 0 Å². The summed E-state index contributed by atoms with van der Waals surface area (Å²) in [6.07, 6.45) is 7.35. The van der Waals surface area contributed by atoms with Crippen LogP contribution in [0.5, 0.6) is 0 Å². The van der Waals surface area contributed by atoms with Crippen LogP contribution in [0.15, 0.2) is 12.4 Å². The topological polar surface area (TPSA) is 34.9 Å². The summed E-state index contributed by atoms with van der Waals surface area (Å²) < 4.78 is 1.91. The molecule has 1 aromatic rings. The van der Waals surface area contributed by atoms with Gasteiger partial charge < -0.3 is 4.57 Å². The summed E-state index contributed by atoms with van der Waals surface area (Å²) in [6, 6.07) is 0. The molecule has 13 heavy (non-hydrogen) atoms. The minimum atomic E-state index is 0.330. The predicted octanol–water partition coefficient (Wildman–Crippen LogP) is 1.33. The van der Waals surface area contributed by atoms with Gasteiger partial charge in [0.15, 0.2) is 0 Å². The average Bonchev–Trinajstić information content (AvgIpc) is 2.79. The number of nitrogens with zero attached hydrogens (tertiary/aromatic N) is 2. The van der Waals surface area contributed by atoms with Crippen molar-refractivity contribution < 1.29 is 4.79 Å². The van der Waals surface area contributed by atoms with Gasteiger partial charge in [0.2, 0.25) is 0 Å². The van der Waals surface area contributed by atoms with Crippen LogP contribution in [0.4, 0.5) is 0 Å². The van der Waals surface area contributed by atoms with Gasteiger partial charge in [-0.25, -0.2) is 4.98 Å². The highest BCUT2D eigenvalue weighted by molar-refractivity contribution is 5.80. The molecule has 0 atom stereocenters. The minimum Gasteiger partial charge on any atom is -0.338 e. The number of carbonyl (C=O) groups is 1. The molecule has 1 aromatic heterocycles. The number of imidazole rings is 1. The van der Waals surface area contributed by atoms with Crippen LogP contribution in [0, 0.1) is 5.92 Å². The summed E-state index contributed by atoms with van der Waals surface area (Å²) >= 11 is 0. The number of ketones is 1. The van der Waals surface area contributed by atoms with E-state index in [1.165, 1.54) is 12.8 Å². The van der Waals surface area contributed by atoms with Crippen LogP contribution in [-0.2, 0) is 18.3 Å². The van der Waals surface area contributed by atoms with Crippen LogP contribution in [0.3, 0.4) is 0 Å². The lowest BCUT2D eigenvalue weighted by Gasteiger charge is -1.99. The molecular formula is C10H14N2O. The molecule has 0 radical (unpaired) electrons. The Morgan fingerprint density at radius 3 is 3.00 bits per heavy atom. The van der Waals surface area contributed by atoms with Gasteiger partial charge in [0.1, 0.15) is 11.6 Å². The quantitative estimate of drug-likeness (QED) is 0.697. The van der Waals surface area contributed by atoms with Gasteiger partial charge in [0.25, 0.3) is 0 Å². The van der Waals surface area contributed by atoms with E-state index in [4.69, 9.17) is 0 Å². The maximum Gasteiger partial charge on any atom is 0.140 e. The number of hydrogen-bond donors (Lipinski definition) is 0. The highest BCUT2D eigenvalue weighted by Gasteiger charge is 2.24. The van der Waals surface area contributed by atoms with Crippen molar-refractivity contribution in [3.8, 4) is 0 Å². The Bertz CT molecular complexity index is 312. The second-order valence-electron chi connectivity index (χ2n) is 3.82. The maximum atomic E-state index is 11.5. The Labute approximate surface area is 77.8 Å². The molecule has 1 saturated carbocycles. The van der Waals surface area contributed by atoms with Crippen molar-refractivity contribution in [2.45, 2.75) is 25.7 Å². The van der Waals surface area contributed by atoms with Crippen molar-refractivity contribution in [3.05, 3.63) is 18.2 Å². The average molecular weight is 178 g/mol. The zero-order valence-electron chi connectivity index (χ0n) is 7.86. The van der Waals surface area contributed by atoms with Gasteiger partial charge in [-0.1, -0.05) is 0 Å². The Balaban J connectivity index is 1.89. The number of hydrogen-bond acceptors (Lipinski definition) is 2. The molecule has 3 nitrogen and oxygen atoms in total. The van der Waals surface area contributed by atoms with E-state index in [9.17, 15) is 4.79 Å². The fourth-order valence-corrected chi connectivity index (χ4v) is 1.46.